The normalized spacial score (nSPS) is 12.5. The number of carboxylic acids is 1. The van der Waals surface area contributed by atoms with Crippen LogP contribution in [0.4, 0.5) is 5.69 Å². The molecular formula is C73H109N4O15PS. The third-order valence-corrected chi connectivity index (χ3v) is 17.3. The van der Waals surface area contributed by atoms with Crippen LogP contribution in [0, 0.1) is 0 Å². The molecule has 4 rings (SSSR count). The summed E-state index contributed by atoms with van der Waals surface area (Å²) >= 11 is 5.49. The van der Waals surface area contributed by atoms with Crippen LogP contribution in [0.2, 0.25) is 0 Å². The molecule has 2 aromatic rings. The van der Waals surface area contributed by atoms with Gasteiger partial charge in [0, 0.05) is 79.7 Å². The standard InChI is InChI=1S/C73H109N4O15PS/c1-3-5-7-9-11-13-15-17-19-21-23-25-27-29-32-40-69(82)88-55-60(91-70(83)41-33-30-28-26-24-22-20-18-16-14-12-10-8-6-4-2)56-90-93(86,87)89-51-50-75-68(81)39-35-34-38-67(80)74-48-36-31-37-49-76-73(94)77-57-42-45-61(64(52-57)72(84)85)71-62-46-43-58(78)53-65(62)92-66-54-59(79)44-47-63(66)71/h17-20,42-47,52-54,60,78H,3-16,21-41,48-51,55-56H2,1-2H3,(H,74,80)(H,75,81)(H,84,85)(H,86,87)(H2,76,77,94)/b19-17-,20-18-. The highest BCUT2D eigenvalue weighted by molar-refractivity contribution is 7.80. The number of ether oxygens (including phenoxy) is 2. The van der Waals surface area contributed by atoms with Crippen LogP contribution in [0.5, 0.6) is 5.75 Å². The zero-order valence-electron chi connectivity index (χ0n) is 56.2. The Morgan fingerprint density at radius 3 is 1.66 bits per heavy atom. The van der Waals surface area contributed by atoms with Crippen LogP contribution >= 0.6 is 20.0 Å². The summed E-state index contributed by atoms with van der Waals surface area (Å²) in [5, 5.41) is 33.0. The summed E-state index contributed by atoms with van der Waals surface area (Å²) in [6.45, 7) is 4.15. The zero-order chi connectivity index (χ0) is 67.9. The van der Waals surface area contributed by atoms with Crippen LogP contribution in [0.3, 0.4) is 0 Å². The Hall–Kier alpha value is -6.44. The van der Waals surface area contributed by atoms with Crippen molar-refractivity contribution >= 4 is 71.5 Å². The summed E-state index contributed by atoms with van der Waals surface area (Å²) in [5.74, 6) is -2.41. The number of fused-ring (bicyclic) bond motifs is 2. The predicted molar refractivity (Wildman–Crippen MR) is 377 cm³/mol. The minimum absolute atomic E-state index is 0.0164. The third kappa shape index (κ3) is 35.9. The Morgan fingerprint density at radius 1 is 0.564 bits per heavy atom. The fraction of sp³-hybridized carbons (Fsp3) is 0.603. The van der Waals surface area contributed by atoms with E-state index >= 15 is 0 Å². The molecule has 7 N–H and O–H groups in total. The van der Waals surface area contributed by atoms with Crippen molar-refractivity contribution in [2.75, 3.05) is 44.8 Å². The largest absolute Gasteiger partial charge is 0.508 e. The van der Waals surface area contributed by atoms with E-state index < -0.39 is 38.4 Å². The lowest BCUT2D eigenvalue weighted by Crippen LogP contribution is -2.30. The lowest BCUT2D eigenvalue weighted by atomic mass is 9.90. The van der Waals surface area contributed by atoms with Gasteiger partial charge in [0.2, 0.25) is 11.8 Å². The van der Waals surface area contributed by atoms with E-state index in [0.717, 1.165) is 96.3 Å². The number of unbranched alkanes of at least 4 members (excludes halogenated alkanes) is 25. The second-order valence-corrected chi connectivity index (χ2v) is 26.2. The van der Waals surface area contributed by atoms with Gasteiger partial charge >= 0.3 is 25.7 Å². The van der Waals surface area contributed by atoms with E-state index in [1.807, 2.05) is 0 Å². The second-order valence-electron chi connectivity index (χ2n) is 24.3. The van der Waals surface area contributed by atoms with Crippen LogP contribution in [0.1, 0.15) is 249 Å². The van der Waals surface area contributed by atoms with Gasteiger partial charge in [0.1, 0.15) is 23.7 Å². The number of phenolic OH excluding ortho intramolecular Hbond substituents is 1. The number of phosphoric ester groups is 1. The number of aromatic carboxylic acids is 1. The molecule has 0 aromatic heterocycles. The molecule has 1 aliphatic carbocycles. The quantitative estimate of drug-likeness (QED) is 0.00540. The van der Waals surface area contributed by atoms with E-state index in [2.05, 4.69) is 59.4 Å². The maximum atomic E-state index is 12.9. The number of carboxylic acid groups (broad SMARTS) is 1. The lowest BCUT2D eigenvalue weighted by Gasteiger charge is -2.20. The number of carbonyl (C=O) groups excluding carboxylic acids is 4. The highest BCUT2D eigenvalue weighted by Gasteiger charge is 2.27. The molecule has 21 heteroatoms. The van der Waals surface area contributed by atoms with Gasteiger partial charge in [0.05, 0.1) is 18.8 Å². The fourth-order valence-corrected chi connectivity index (χ4v) is 11.8. The molecule has 0 spiro atoms. The van der Waals surface area contributed by atoms with Crippen LogP contribution < -0.4 is 26.7 Å². The molecule has 1 aliphatic heterocycles. The van der Waals surface area contributed by atoms with Gasteiger partial charge < -0.3 is 50.3 Å². The van der Waals surface area contributed by atoms with Gasteiger partial charge in [-0.25, -0.2) is 9.36 Å². The summed E-state index contributed by atoms with van der Waals surface area (Å²) in [5.41, 5.74) is 1.88. The molecule has 0 radical (unpaired) electrons. The predicted octanol–water partition coefficient (Wildman–Crippen LogP) is 16.9. The number of aromatic hydroxyl groups is 1. The molecule has 2 aliphatic rings. The number of anilines is 1. The molecule has 0 saturated heterocycles. The summed E-state index contributed by atoms with van der Waals surface area (Å²) < 4.78 is 40.2. The summed E-state index contributed by atoms with van der Waals surface area (Å²) in [6.07, 6.45) is 41.3. The highest BCUT2D eigenvalue weighted by Crippen LogP contribution is 2.44. The molecule has 0 fully saturated rings. The van der Waals surface area contributed by atoms with Gasteiger partial charge in [-0.2, -0.15) is 0 Å². The topological polar surface area (TPSA) is 278 Å². The molecule has 1 heterocycles. The Labute approximate surface area is 563 Å². The SMILES string of the molecule is CCCCCCCC/C=C\CCCCCCCC(=O)OCC(COP(=O)(O)OCCNC(=O)CCCCC(=O)NCCCCCNC(=S)Nc1ccc(-c2c3ccc(=O)cc-3oc3cc(O)ccc23)c(C(=O)O)c1)OC(=O)CCCCCCC/C=C\CCCCCCCC. The summed E-state index contributed by atoms with van der Waals surface area (Å²) in [6, 6.07) is 13.7. The summed E-state index contributed by atoms with van der Waals surface area (Å²) in [7, 11) is -4.67. The number of benzene rings is 3. The van der Waals surface area contributed by atoms with Gasteiger partial charge in [0.25, 0.3) is 0 Å². The van der Waals surface area contributed by atoms with Crippen molar-refractivity contribution in [1.82, 2.24) is 16.0 Å². The summed E-state index contributed by atoms with van der Waals surface area (Å²) in [4.78, 5) is 86.0. The van der Waals surface area contributed by atoms with Crippen molar-refractivity contribution in [2.24, 2.45) is 0 Å². The van der Waals surface area contributed by atoms with Gasteiger partial charge in [0.15, 0.2) is 16.6 Å². The molecule has 2 amide bonds. The van der Waals surface area contributed by atoms with Crippen molar-refractivity contribution in [1.29, 1.82) is 0 Å². The first-order valence-corrected chi connectivity index (χ1v) is 36.9. The number of amides is 2. The number of carbonyl (C=O) groups is 5. The van der Waals surface area contributed by atoms with E-state index in [9.17, 15) is 48.4 Å². The van der Waals surface area contributed by atoms with Crippen LogP contribution in [-0.4, -0.2) is 95.5 Å². The Balaban J connectivity index is 1.06. The van der Waals surface area contributed by atoms with Crippen molar-refractivity contribution in [3.63, 3.8) is 0 Å². The average Bonchev–Trinajstić information content (AvgIpc) is 0.827. The molecule has 2 atom stereocenters. The monoisotopic (exact) mass is 1340 g/mol. The Bertz CT molecular complexity index is 3000. The average molecular weight is 1350 g/mol. The fourth-order valence-electron chi connectivity index (χ4n) is 10.8. The number of rotatable bonds is 54. The maximum absolute atomic E-state index is 12.9. The number of hydrogen-bond donors (Lipinski definition) is 7. The first-order chi connectivity index (χ1) is 45.6. The van der Waals surface area contributed by atoms with Crippen molar-refractivity contribution in [2.45, 2.75) is 245 Å². The third-order valence-electron chi connectivity index (χ3n) is 16.1. The Kier molecular flexibility index (Phi) is 41.8. The molecule has 2 aromatic carbocycles. The van der Waals surface area contributed by atoms with E-state index in [-0.39, 0.29) is 85.3 Å². The molecule has 94 heavy (non-hydrogen) atoms. The van der Waals surface area contributed by atoms with Gasteiger partial charge in [-0.05, 0) is 150 Å². The van der Waals surface area contributed by atoms with E-state index in [1.165, 1.54) is 107 Å². The van der Waals surface area contributed by atoms with Gasteiger partial charge in [-0.3, -0.25) is 33.0 Å². The van der Waals surface area contributed by atoms with E-state index in [0.29, 0.717) is 71.6 Å². The number of hydrogen-bond acceptors (Lipinski definition) is 14. The molecule has 522 valence electrons. The second kappa shape index (κ2) is 49.1. The van der Waals surface area contributed by atoms with E-state index in [4.69, 9.17) is 35.2 Å². The zero-order valence-corrected chi connectivity index (χ0v) is 57.9. The lowest BCUT2D eigenvalue weighted by molar-refractivity contribution is -0.161. The van der Waals surface area contributed by atoms with Gasteiger partial charge in [-0.1, -0.05) is 147 Å². The maximum Gasteiger partial charge on any atom is 0.472 e. The smallest absolute Gasteiger partial charge is 0.472 e. The number of nitrogens with one attached hydrogen (secondary N) is 4. The first-order valence-electron chi connectivity index (χ1n) is 35.0. The molecule has 2 unspecified atom stereocenters. The van der Waals surface area contributed by atoms with Crippen molar-refractivity contribution in [3.8, 4) is 28.2 Å². The number of esters is 2. The first kappa shape index (κ1) is 80.0. The van der Waals surface area contributed by atoms with Gasteiger partial charge in [-0.15, -0.1) is 0 Å². The minimum Gasteiger partial charge on any atom is -0.508 e. The Morgan fingerprint density at radius 2 is 1.07 bits per heavy atom. The molecular weight excluding hydrogens is 1240 g/mol. The van der Waals surface area contributed by atoms with Crippen LogP contribution in [0.25, 0.3) is 33.4 Å². The van der Waals surface area contributed by atoms with Crippen molar-refractivity contribution < 1.29 is 66.6 Å². The van der Waals surface area contributed by atoms with Crippen LogP contribution in [0.15, 0.2) is 88.1 Å². The molecule has 0 bridgehead atoms. The number of phenols is 1. The minimum atomic E-state index is -4.67. The molecule has 19 nitrogen and oxygen atoms in total. The highest BCUT2D eigenvalue weighted by atomic mass is 32.1. The van der Waals surface area contributed by atoms with E-state index in [1.54, 1.807) is 24.3 Å². The van der Waals surface area contributed by atoms with Crippen molar-refractivity contribution in [3.05, 3.63) is 94.7 Å². The number of phosphoric acid groups is 1. The molecule has 0 saturated carbocycles. The number of thiocarbonyl (C=S) groups is 1. The van der Waals surface area contributed by atoms with Crippen LogP contribution in [-0.2, 0) is 42.3 Å². The number of allylic oxidation sites excluding steroid dienone is 4.